The van der Waals surface area contributed by atoms with Gasteiger partial charge in [-0.3, -0.25) is 4.79 Å². The lowest BCUT2D eigenvalue weighted by molar-refractivity contribution is -0.113. The first-order valence-electron chi connectivity index (χ1n) is 7.59. The Balaban J connectivity index is 1.66. The minimum Gasteiger partial charge on any atom is -0.378 e. The van der Waals surface area contributed by atoms with Crippen LogP contribution in [0.4, 0.5) is 11.4 Å². The highest BCUT2D eigenvalue weighted by molar-refractivity contribution is 8.01. The Morgan fingerprint density at radius 1 is 1.46 bits per heavy atom. The zero-order valence-electron chi connectivity index (χ0n) is 13.3. The Kier molecular flexibility index (Phi) is 5.99. The van der Waals surface area contributed by atoms with Crippen molar-refractivity contribution in [2.75, 3.05) is 42.3 Å². The van der Waals surface area contributed by atoms with Crippen molar-refractivity contribution < 1.29 is 9.53 Å². The Labute approximate surface area is 154 Å². The standard InChI is InChI=1S/C16H18ClN3O2S2/c1-11-9-23-16(18-11)24-10-15(21)19-13-8-12(17)2-3-14(13)20-4-6-22-7-5-20/h2-3,8-9H,4-7,10H2,1H3,(H,19,21). The van der Waals surface area contributed by atoms with Crippen molar-refractivity contribution >= 4 is 52.0 Å². The summed E-state index contributed by atoms with van der Waals surface area (Å²) >= 11 is 9.10. The highest BCUT2D eigenvalue weighted by Crippen LogP contribution is 2.30. The second-order valence-electron chi connectivity index (χ2n) is 5.35. The topological polar surface area (TPSA) is 54.5 Å². The lowest BCUT2D eigenvalue weighted by Crippen LogP contribution is -2.36. The number of aryl methyl sites for hydroxylation is 1. The predicted molar refractivity (Wildman–Crippen MR) is 101 cm³/mol. The van der Waals surface area contributed by atoms with Crippen molar-refractivity contribution in [1.29, 1.82) is 0 Å². The minimum atomic E-state index is -0.0652. The number of benzene rings is 1. The van der Waals surface area contributed by atoms with Crippen molar-refractivity contribution in [1.82, 2.24) is 4.98 Å². The van der Waals surface area contributed by atoms with E-state index in [9.17, 15) is 4.79 Å². The van der Waals surface area contributed by atoms with Crippen molar-refractivity contribution in [3.05, 3.63) is 34.3 Å². The van der Waals surface area contributed by atoms with Crippen LogP contribution >= 0.6 is 34.7 Å². The average Bonchev–Trinajstić information content (AvgIpc) is 2.99. The molecule has 1 aliphatic heterocycles. The summed E-state index contributed by atoms with van der Waals surface area (Å²) in [6, 6.07) is 5.58. The molecule has 1 amide bonds. The molecule has 0 saturated carbocycles. The van der Waals surface area contributed by atoms with Gasteiger partial charge in [-0.15, -0.1) is 11.3 Å². The molecule has 0 radical (unpaired) electrons. The zero-order valence-corrected chi connectivity index (χ0v) is 15.6. The molecule has 5 nitrogen and oxygen atoms in total. The number of nitrogens with one attached hydrogen (secondary N) is 1. The molecule has 1 aromatic carbocycles. The van der Waals surface area contributed by atoms with E-state index in [2.05, 4.69) is 15.2 Å². The van der Waals surface area contributed by atoms with E-state index < -0.39 is 0 Å². The van der Waals surface area contributed by atoms with Crippen LogP contribution in [0.1, 0.15) is 5.69 Å². The van der Waals surface area contributed by atoms with E-state index in [1.54, 1.807) is 17.4 Å². The molecule has 1 N–H and O–H groups in total. The molecule has 1 fully saturated rings. The highest BCUT2D eigenvalue weighted by atomic mass is 35.5. The van der Waals surface area contributed by atoms with Gasteiger partial charge in [0.1, 0.15) is 0 Å². The molecule has 128 valence electrons. The van der Waals surface area contributed by atoms with Crippen molar-refractivity contribution in [2.45, 2.75) is 11.3 Å². The number of halogens is 1. The molecule has 0 atom stereocenters. The molecule has 1 aromatic heterocycles. The summed E-state index contributed by atoms with van der Waals surface area (Å²) < 4.78 is 6.30. The van der Waals surface area contributed by atoms with Gasteiger partial charge in [-0.2, -0.15) is 0 Å². The molecule has 8 heteroatoms. The monoisotopic (exact) mass is 383 g/mol. The highest BCUT2D eigenvalue weighted by Gasteiger charge is 2.17. The van der Waals surface area contributed by atoms with Gasteiger partial charge in [-0.1, -0.05) is 23.4 Å². The Hall–Kier alpha value is -1.28. The number of hydrogen-bond donors (Lipinski definition) is 1. The number of carbonyl (C=O) groups excluding carboxylic acids is 1. The van der Waals surface area contributed by atoms with Gasteiger partial charge in [0.25, 0.3) is 0 Å². The summed E-state index contributed by atoms with van der Waals surface area (Å²) in [6.45, 7) is 4.93. The van der Waals surface area contributed by atoms with Gasteiger partial charge in [0.2, 0.25) is 5.91 Å². The maximum absolute atomic E-state index is 12.3. The van der Waals surface area contributed by atoms with Gasteiger partial charge in [-0.05, 0) is 25.1 Å². The summed E-state index contributed by atoms with van der Waals surface area (Å²) in [5.74, 6) is 0.256. The van der Waals surface area contributed by atoms with E-state index in [-0.39, 0.29) is 5.91 Å². The molecule has 0 aliphatic carbocycles. The van der Waals surface area contributed by atoms with Crippen molar-refractivity contribution in [3.8, 4) is 0 Å². The number of morpholine rings is 1. The molecule has 24 heavy (non-hydrogen) atoms. The van der Waals surface area contributed by atoms with E-state index in [0.717, 1.165) is 34.5 Å². The first kappa shape index (κ1) is 17.5. The zero-order chi connectivity index (χ0) is 16.9. The third kappa shape index (κ3) is 4.63. The van der Waals surface area contributed by atoms with Gasteiger partial charge in [0, 0.05) is 29.2 Å². The van der Waals surface area contributed by atoms with Crippen LogP contribution in [0.3, 0.4) is 0 Å². The molecular weight excluding hydrogens is 366 g/mol. The van der Waals surface area contributed by atoms with Gasteiger partial charge in [-0.25, -0.2) is 4.98 Å². The molecule has 1 saturated heterocycles. The third-order valence-corrected chi connectivity index (χ3v) is 5.88. The summed E-state index contributed by atoms with van der Waals surface area (Å²) in [4.78, 5) is 18.9. The number of thiazole rings is 1. The number of ether oxygens (including phenoxy) is 1. The fourth-order valence-corrected chi connectivity index (χ4v) is 4.22. The smallest absolute Gasteiger partial charge is 0.234 e. The van der Waals surface area contributed by atoms with Crippen molar-refractivity contribution in [2.24, 2.45) is 0 Å². The van der Waals surface area contributed by atoms with Gasteiger partial charge in [0.15, 0.2) is 4.34 Å². The van der Waals surface area contributed by atoms with E-state index in [4.69, 9.17) is 16.3 Å². The lowest BCUT2D eigenvalue weighted by Gasteiger charge is -2.30. The number of aromatic nitrogens is 1. The van der Waals surface area contributed by atoms with Gasteiger partial charge >= 0.3 is 0 Å². The van der Waals surface area contributed by atoms with Crippen LogP contribution < -0.4 is 10.2 Å². The SMILES string of the molecule is Cc1csc(SCC(=O)Nc2cc(Cl)ccc2N2CCOCC2)n1. The molecule has 0 bridgehead atoms. The Morgan fingerprint density at radius 3 is 2.96 bits per heavy atom. The van der Waals surface area contributed by atoms with Crippen LogP contribution in [0.2, 0.25) is 5.02 Å². The first-order valence-corrected chi connectivity index (χ1v) is 9.83. The van der Waals surface area contributed by atoms with E-state index in [0.29, 0.717) is 24.0 Å². The summed E-state index contributed by atoms with van der Waals surface area (Å²) in [5.41, 5.74) is 2.70. The number of amides is 1. The molecule has 0 unspecified atom stereocenters. The minimum absolute atomic E-state index is 0.0652. The predicted octanol–water partition coefficient (Wildman–Crippen LogP) is 3.67. The normalized spacial score (nSPS) is 14.7. The third-order valence-electron chi connectivity index (χ3n) is 3.51. The summed E-state index contributed by atoms with van der Waals surface area (Å²) in [7, 11) is 0. The fourth-order valence-electron chi connectivity index (χ4n) is 2.40. The molecule has 2 aromatic rings. The van der Waals surface area contributed by atoms with Crippen LogP contribution in [0.15, 0.2) is 27.9 Å². The van der Waals surface area contributed by atoms with Crippen LogP contribution in [-0.2, 0) is 9.53 Å². The number of carbonyl (C=O) groups is 1. The fraction of sp³-hybridized carbons (Fsp3) is 0.375. The quantitative estimate of drug-likeness (QED) is 0.798. The lowest BCUT2D eigenvalue weighted by atomic mass is 10.2. The van der Waals surface area contributed by atoms with Crippen LogP contribution in [0.5, 0.6) is 0 Å². The number of rotatable bonds is 5. The number of thioether (sulfide) groups is 1. The second kappa shape index (κ2) is 8.20. The maximum atomic E-state index is 12.3. The molecule has 3 rings (SSSR count). The number of nitrogens with zero attached hydrogens (tertiary/aromatic N) is 2. The molecular formula is C16H18ClN3O2S2. The summed E-state index contributed by atoms with van der Waals surface area (Å²) in [6.07, 6.45) is 0. The molecule has 2 heterocycles. The van der Waals surface area contributed by atoms with E-state index >= 15 is 0 Å². The van der Waals surface area contributed by atoms with Crippen molar-refractivity contribution in [3.63, 3.8) is 0 Å². The van der Waals surface area contributed by atoms with Gasteiger partial charge < -0.3 is 15.0 Å². The van der Waals surface area contributed by atoms with Crippen LogP contribution in [0.25, 0.3) is 0 Å². The molecule has 0 spiro atoms. The first-order chi connectivity index (χ1) is 11.6. The second-order valence-corrected chi connectivity index (χ2v) is 7.87. The Bertz CT molecular complexity index is 717. The van der Waals surface area contributed by atoms with E-state index in [1.807, 2.05) is 24.4 Å². The Morgan fingerprint density at radius 2 is 2.25 bits per heavy atom. The number of anilines is 2. The van der Waals surface area contributed by atoms with Crippen LogP contribution in [-0.4, -0.2) is 42.9 Å². The number of hydrogen-bond acceptors (Lipinski definition) is 6. The van der Waals surface area contributed by atoms with Crippen LogP contribution in [0, 0.1) is 6.92 Å². The molecule has 1 aliphatic rings. The van der Waals surface area contributed by atoms with E-state index in [1.165, 1.54) is 11.8 Å². The largest absolute Gasteiger partial charge is 0.378 e. The maximum Gasteiger partial charge on any atom is 0.234 e. The van der Waals surface area contributed by atoms with Gasteiger partial charge in [0.05, 0.1) is 30.3 Å². The average molecular weight is 384 g/mol. The summed E-state index contributed by atoms with van der Waals surface area (Å²) in [5, 5.41) is 5.56.